The highest BCUT2D eigenvalue weighted by Gasteiger charge is 2.43. The monoisotopic (exact) mass is 286 g/mol. The smallest absolute Gasteiger partial charge is 0.327 e. The number of nitrogens with two attached hydrogens (primary N) is 1. The number of hydrogen-bond donors (Lipinski definition) is 2. The molecule has 3 N–H and O–H groups in total. The maximum Gasteiger partial charge on any atom is 0.327 e. The van der Waals surface area contributed by atoms with Crippen LogP contribution in [0.1, 0.15) is 30.3 Å². The number of aliphatic carboxylic acids is 1. The number of nitrogen functional groups attached to an aromatic ring is 1. The molecule has 0 spiro atoms. The van der Waals surface area contributed by atoms with Gasteiger partial charge in [0.1, 0.15) is 6.04 Å². The largest absolute Gasteiger partial charge is 0.480 e. The van der Waals surface area contributed by atoms with Crippen LogP contribution in [0.2, 0.25) is 0 Å². The fourth-order valence-corrected chi connectivity index (χ4v) is 3.47. The van der Waals surface area contributed by atoms with Crippen molar-refractivity contribution in [1.29, 1.82) is 0 Å². The van der Waals surface area contributed by atoms with E-state index in [0.29, 0.717) is 12.2 Å². The van der Waals surface area contributed by atoms with Crippen molar-refractivity contribution in [3.05, 3.63) is 5.69 Å². The van der Waals surface area contributed by atoms with Gasteiger partial charge in [-0.1, -0.05) is 13.3 Å². The van der Waals surface area contributed by atoms with E-state index in [-0.39, 0.29) is 16.9 Å². The normalized spacial score (nSPS) is 22.7. The number of aromatic nitrogens is 2. The Hall–Kier alpha value is -1.77. The van der Waals surface area contributed by atoms with Crippen molar-refractivity contribution >= 4 is 29.5 Å². The van der Waals surface area contributed by atoms with Gasteiger partial charge < -0.3 is 15.7 Å². The standard InChI is InChI=1S/C10H14N4O4S/c1-2-3-6-14(5(4-19-6)10(16)17)9(15)7-8(11)13-18-12-7/h5-6H,2-4H2,1H3,(H2,11,13)(H,16,17). The zero-order valence-corrected chi connectivity index (χ0v) is 11.1. The Balaban J connectivity index is 2.28. The molecular weight excluding hydrogens is 272 g/mol. The Kier molecular flexibility index (Phi) is 3.93. The molecule has 2 rings (SSSR count). The Bertz CT molecular complexity index is 492. The van der Waals surface area contributed by atoms with Gasteiger partial charge in [-0.15, -0.1) is 11.8 Å². The zero-order valence-electron chi connectivity index (χ0n) is 10.3. The number of amides is 1. The van der Waals surface area contributed by atoms with Crippen LogP contribution in [0, 0.1) is 0 Å². The maximum atomic E-state index is 12.3. The minimum absolute atomic E-state index is 0.124. The third-order valence-electron chi connectivity index (χ3n) is 2.86. The van der Waals surface area contributed by atoms with Crippen LogP contribution in [0.4, 0.5) is 5.82 Å². The van der Waals surface area contributed by atoms with E-state index < -0.39 is 17.9 Å². The second-order valence-electron chi connectivity index (χ2n) is 4.14. The summed E-state index contributed by atoms with van der Waals surface area (Å²) in [7, 11) is 0. The first-order valence-electron chi connectivity index (χ1n) is 5.81. The predicted molar refractivity (Wildman–Crippen MR) is 67.5 cm³/mol. The molecule has 0 bridgehead atoms. The molecule has 104 valence electrons. The highest BCUT2D eigenvalue weighted by molar-refractivity contribution is 8.00. The highest BCUT2D eigenvalue weighted by atomic mass is 32.2. The number of carbonyl (C=O) groups excluding carboxylic acids is 1. The average molecular weight is 286 g/mol. The molecule has 1 saturated heterocycles. The van der Waals surface area contributed by atoms with E-state index in [2.05, 4.69) is 14.9 Å². The lowest BCUT2D eigenvalue weighted by Crippen LogP contribution is -2.45. The second kappa shape index (κ2) is 5.47. The highest BCUT2D eigenvalue weighted by Crippen LogP contribution is 2.33. The van der Waals surface area contributed by atoms with Crippen LogP contribution in [-0.4, -0.2) is 49.4 Å². The van der Waals surface area contributed by atoms with Crippen molar-refractivity contribution in [2.45, 2.75) is 31.2 Å². The lowest BCUT2D eigenvalue weighted by molar-refractivity contribution is -0.141. The van der Waals surface area contributed by atoms with E-state index in [1.807, 2.05) is 6.92 Å². The first-order valence-corrected chi connectivity index (χ1v) is 6.86. The molecule has 0 radical (unpaired) electrons. The second-order valence-corrected chi connectivity index (χ2v) is 5.35. The minimum atomic E-state index is -1.03. The molecule has 2 unspecified atom stereocenters. The Morgan fingerprint density at radius 1 is 1.58 bits per heavy atom. The molecule has 1 aliphatic heterocycles. The first kappa shape index (κ1) is 13.7. The fraction of sp³-hybridized carbons (Fsp3) is 0.600. The molecule has 1 aromatic rings. The molecule has 0 saturated carbocycles. The fourth-order valence-electron chi connectivity index (χ4n) is 1.96. The van der Waals surface area contributed by atoms with Crippen LogP contribution in [0.5, 0.6) is 0 Å². The van der Waals surface area contributed by atoms with Gasteiger partial charge in [0, 0.05) is 5.75 Å². The summed E-state index contributed by atoms with van der Waals surface area (Å²) < 4.78 is 4.39. The molecule has 1 aliphatic rings. The van der Waals surface area contributed by atoms with Crippen molar-refractivity contribution in [1.82, 2.24) is 15.2 Å². The van der Waals surface area contributed by atoms with E-state index >= 15 is 0 Å². The van der Waals surface area contributed by atoms with Gasteiger partial charge in [0.15, 0.2) is 0 Å². The molecular formula is C10H14N4O4S. The number of nitrogens with zero attached hydrogens (tertiary/aromatic N) is 3. The number of hydrogen-bond acceptors (Lipinski definition) is 7. The summed E-state index contributed by atoms with van der Waals surface area (Å²) >= 11 is 1.45. The van der Waals surface area contributed by atoms with E-state index in [4.69, 9.17) is 5.73 Å². The van der Waals surface area contributed by atoms with Crippen LogP contribution >= 0.6 is 11.8 Å². The van der Waals surface area contributed by atoms with Gasteiger partial charge in [-0.2, -0.15) is 0 Å². The van der Waals surface area contributed by atoms with Gasteiger partial charge >= 0.3 is 5.97 Å². The summed E-state index contributed by atoms with van der Waals surface area (Å²) in [4.78, 5) is 24.9. The number of anilines is 1. The van der Waals surface area contributed by atoms with Gasteiger partial charge in [-0.3, -0.25) is 4.79 Å². The zero-order chi connectivity index (χ0) is 14.0. The average Bonchev–Trinajstić information content (AvgIpc) is 2.95. The summed E-state index contributed by atoms with van der Waals surface area (Å²) in [6, 6.07) is -0.870. The lowest BCUT2D eigenvalue weighted by Gasteiger charge is -2.26. The molecule has 1 amide bonds. The number of rotatable bonds is 4. The maximum absolute atomic E-state index is 12.3. The number of carboxylic acid groups (broad SMARTS) is 1. The van der Waals surface area contributed by atoms with Gasteiger partial charge in [0.25, 0.3) is 5.91 Å². The van der Waals surface area contributed by atoms with Crippen LogP contribution in [-0.2, 0) is 4.79 Å². The Morgan fingerprint density at radius 3 is 2.84 bits per heavy atom. The molecule has 8 nitrogen and oxygen atoms in total. The molecule has 0 aromatic carbocycles. The van der Waals surface area contributed by atoms with E-state index in [1.54, 1.807) is 0 Å². The van der Waals surface area contributed by atoms with Crippen LogP contribution < -0.4 is 5.73 Å². The van der Waals surface area contributed by atoms with E-state index in [0.717, 1.165) is 6.42 Å². The molecule has 19 heavy (non-hydrogen) atoms. The van der Waals surface area contributed by atoms with E-state index in [9.17, 15) is 14.7 Å². The van der Waals surface area contributed by atoms with Gasteiger partial charge in [-0.25, -0.2) is 9.42 Å². The van der Waals surface area contributed by atoms with Crippen molar-refractivity contribution in [3.63, 3.8) is 0 Å². The first-order chi connectivity index (χ1) is 9.06. The molecule has 2 heterocycles. The van der Waals surface area contributed by atoms with Gasteiger partial charge in [0.05, 0.1) is 5.37 Å². The van der Waals surface area contributed by atoms with Crippen molar-refractivity contribution in [2.24, 2.45) is 0 Å². The summed E-state index contributed by atoms with van der Waals surface area (Å²) in [5, 5.41) is 15.8. The topological polar surface area (TPSA) is 123 Å². The summed E-state index contributed by atoms with van der Waals surface area (Å²) in [6.45, 7) is 1.98. The van der Waals surface area contributed by atoms with Crippen LogP contribution in [0.15, 0.2) is 4.63 Å². The minimum Gasteiger partial charge on any atom is -0.480 e. The Morgan fingerprint density at radius 2 is 2.32 bits per heavy atom. The van der Waals surface area contributed by atoms with E-state index in [1.165, 1.54) is 16.7 Å². The third-order valence-corrected chi connectivity index (χ3v) is 4.22. The predicted octanol–water partition coefficient (Wildman–Crippen LogP) is 0.420. The third kappa shape index (κ3) is 2.50. The number of carboxylic acids is 1. The van der Waals surface area contributed by atoms with Crippen molar-refractivity contribution in [3.8, 4) is 0 Å². The molecule has 1 fully saturated rings. The van der Waals surface area contributed by atoms with Gasteiger partial charge in [0.2, 0.25) is 11.5 Å². The lowest BCUT2D eigenvalue weighted by atomic mass is 10.2. The summed E-state index contributed by atoms with van der Waals surface area (Å²) in [5.74, 6) is -1.35. The van der Waals surface area contributed by atoms with Crippen LogP contribution in [0.3, 0.4) is 0 Å². The number of carbonyl (C=O) groups is 2. The van der Waals surface area contributed by atoms with Crippen molar-refractivity contribution < 1.29 is 19.3 Å². The number of thioether (sulfide) groups is 1. The molecule has 1 aromatic heterocycles. The summed E-state index contributed by atoms with van der Waals surface area (Å²) in [6.07, 6.45) is 1.56. The summed E-state index contributed by atoms with van der Waals surface area (Å²) in [5.41, 5.74) is 5.35. The quantitative estimate of drug-likeness (QED) is 0.816. The molecule has 0 aliphatic carbocycles. The van der Waals surface area contributed by atoms with Gasteiger partial charge in [-0.05, 0) is 16.7 Å². The van der Waals surface area contributed by atoms with Crippen molar-refractivity contribution in [2.75, 3.05) is 11.5 Å². The van der Waals surface area contributed by atoms with Crippen LogP contribution in [0.25, 0.3) is 0 Å². The molecule has 9 heteroatoms. The Labute approximate surface area is 113 Å². The molecule has 2 atom stereocenters. The SMILES string of the molecule is CCCC1SCC(C(=O)O)N1C(=O)c1nonc1N.